The number of hydrogen-bond acceptors (Lipinski definition) is 6. The van der Waals surface area contributed by atoms with E-state index in [4.69, 9.17) is 9.73 Å². The van der Waals surface area contributed by atoms with Crippen LogP contribution in [0.25, 0.3) is 0 Å². The van der Waals surface area contributed by atoms with E-state index in [1.54, 1.807) is 30.1 Å². The summed E-state index contributed by atoms with van der Waals surface area (Å²) in [6.07, 6.45) is 0.449. The normalized spacial score (nSPS) is 14.6. The third-order valence-corrected chi connectivity index (χ3v) is 7.05. The standard InChI is InChI=1S/C31H34N4O4/c1-5-35(6-2)19-18-27(36)34(3)24-15-13-23(14-16-24)32-29(21-10-8-7-9-11-21)28-25-17-12-22(31(38)39-4)20-26(25)33-30(28)37/h7-17,20,28H,5-6,18-19H2,1-4H3,(H,33,37). The zero-order valence-corrected chi connectivity index (χ0v) is 22.8. The van der Waals surface area contributed by atoms with Crippen LogP contribution in [0, 0.1) is 0 Å². The number of ether oxygens (including phenoxy) is 1. The minimum absolute atomic E-state index is 0.0497. The van der Waals surface area contributed by atoms with Crippen LogP contribution >= 0.6 is 0 Å². The van der Waals surface area contributed by atoms with E-state index < -0.39 is 11.9 Å². The van der Waals surface area contributed by atoms with Gasteiger partial charge in [0.05, 0.1) is 24.1 Å². The van der Waals surface area contributed by atoms with Crippen LogP contribution in [0.4, 0.5) is 17.1 Å². The predicted molar refractivity (Wildman–Crippen MR) is 154 cm³/mol. The van der Waals surface area contributed by atoms with Crippen LogP contribution in [0.15, 0.2) is 77.8 Å². The SMILES string of the molecule is CCN(CC)CCC(=O)N(C)c1ccc(N=C(c2ccccc2)C2C(=O)Nc3cc(C(=O)OC)ccc32)cc1. The average molecular weight is 527 g/mol. The fourth-order valence-corrected chi connectivity index (χ4v) is 4.68. The van der Waals surface area contributed by atoms with Gasteiger partial charge in [-0.15, -0.1) is 0 Å². The summed E-state index contributed by atoms with van der Waals surface area (Å²) in [6.45, 7) is 6.74. The van der Waals surface area contributed by atoms with Gasteiger partial charge in [-0.05, 0) is 60.6 Å². The molecule has 3 aromatic rings. The molecule has 0 radical (unpaired) electrons. The molecule has 1 atom stereocenters. The number of carbonyl (C=O) groups excluding carboxylic acids is 3. The van der Waals surface area contributed by atoms with E-state index in [1.807, 2.05) is 54.6 Å². The summed E-state index contributed by atoms with van der Waals surface area (Å²) in [5.74, 6) is -1.29. The topological polar surface area (TPSA) is 91.3 Å². The Hall–Kier alpha value is -4.30. The molecule has 2 amide bonds. The summed E-state index contributed by atoms with van der Waals surface area (Å²) in [5, 5.41) is 2.89. The number of nitrogens with zero attached hydrogens (tertiary/aromatic N) is 3. The van der Waals surface area contributed by atoms with E-state index >= 15 is 0 Å². The number of methoxy groups -OCH3 is 1. The number of amides is 2. The molecule has 0 spiro atoms. The highest BCUT2D eigenvalue weighted by atomic mass is 16.5. The monoisotopic (exact) mass is 526 g/mol. The number of anilines is 2. The molecule has 4 rings (SSSR count). The summed E-state index contributed by atoms with van der Waals surface area (Å²) in [5.41, 5.74) is 4.52. The van der Waals surface area contributed by atoms with Crippen molar-refractivity contribution in [3.8, 4) is 0 Å². The first-order valence-corrected chi connectivity index (χ1v) is 13.1. The number of fused-ring (bicyclic) bond motifs is 1. The average Bonchev–Trinajstić information content (AvgIpc) is 3.30. The van der Waals surface area contributed by atoms with Crippen LogP contribution in [-0.2, 0) is 14.3 Å². The lowest BCUT2D eigenvalue weighted by Crippen LogP contribution is -2.32. The molecule has 1 aliphatic heterocycles. The molecule has 39 heavy (non-hydrogen) atoms. The van der Waals surface area contributed by atoms with Gasteiger partial charge in [-0.3, -0.25) is 14.6 Å². The summed E-state index contributed by atoms with van der Waals surface area (Å²) in [4.78, 5) is 46.7. The van der Waals surface area contributed by atoms with Gasteiger partial charge in [0.1, 0.15) is 5.92 Å². The lowest BCUT2D eigenvalue weighted by molar-refractivity contribution is -0.118. The molecule has 1 N–H and O–H groups in total. The van der Waals surface area contributed by atoms with E-state index in [1.165, 1.54) is 7.11 Å². The largest absolute Gasteiger partial charge is 0.465 e. The minimum atomic E-state index is -0.655. The maximum Gasteiger partial charge on any atom is 0.337 e. The highest BCUT2D eigenvalue weighted by Gasteiger charge is 2.36. The van der Waals surface area contributed by atoms with E-state index in [0.717, 1.165) is 36.4 Å². The van der Waals surface area contributed by atoms with E-state index in [9.17, 15) is 14.4 Å². The maximum atomic E-state index is 13.2. The molecule has 1 unspecified atom stereocenters. The van der Waals surface area contributed by atoms with Crippen LogP contribution in [0.5, 0.6) is 0 Å². The summed E-state index contributed by atoms with van der Waals surface area (Å²) < 4.78 is 4.82. The molecule has 0 saturated heterocycles. The number of rotatable bonds is 10. The minimum Gasteiger partial charge on any atom is -0.465 e. The molecule has 8 heteroatoms. The van der Waals surface area contributed by atoms with E-state index in [-0.39, 0.29) is 11.8 Å². The van der Waals surface area contributed by atoms with Crippen molar-refractivity contribution in [3.63, 3.8) is 0 Å². The Kier molecular flexibility index (Phi) is 8.88. The molecule has 0 bridgehead atoms. The third-order valence-electron chi connectivity index (χ3n) is 7.05. The Morgan fingerprint density at radius 1 is 0.949 bits per heavy atom. The fourth-order valence-electron chi connectivity index (χ4n) is 4.68. The first kappa shape index (κ1) is 27.7. The molecule has 0 fully saturated rings. The lowest BCUT2D eigenvalue weighted by atomic mass is 9.90. The molecule has 0 aromatic heterocycles. The van der Waals surface area contributed by atoms with Crippen molar-refractivity contribution in [2.24, 2.45) is 4.99 Å². The third kappa shape index (κ3) is 6.23. The van der Waals surface area contributed by atoms with Gasteiger partial charge in [-0.1, -0.05) is 50.2 Å². The maximum absolute atomic E-state index is 13.2. The van der Waals surface area contributed by atoms with Crippen molar-refractivity contribution in [2.45, 2.75) is 26.2 Å². The second kappa shape index (κ2) is 12.5. The molecule has 1 heterocycles. The Labute approximate surface area is 229 Å². The molecule has 0 saturated carbocycles. The highest BCUT2D eigenvalue weighted by Crippen LogP contribution is 2.37. The Balaban J connectivity index is 1.63. The molecular weight excluding hydrogens is 492 g/mol. The van der Waals surface area contributed by atoms with E-state index in [2.05, 4.69) is 24.1 Å². The van der Waals surface area contributed by atoms with Crippen molar-refractivity contribution in [3.05, 3.63) is 89.5 Å². The molecule has 0 aliphatic carbocycles. The number of carbonyl (C=O) groups is 3. The molecule has 3 aromatic carbocycles. The molecule has 202 valence electrons. The van der Waals surface area contributed by atoms with E-state index in [0.29, 0.717) is 29.1 Å². The van der Waals surface area contributed by atoms with Gasteiger partial charge in [0.2, 0.25) is 11.8 Å². The van der Waals surface area contributed by atoms with Crippen LogP contribution in [0.3, 0.4) is 0 Å². The second-order valence-corrected chi connectivity index (χ2v) is 9.32. The van der Waals surface area contributed by atoms with Crippen molar-refractivity contribution in [1.29, 1.82) is 0 Å². The van der Waals surface area contributed by atoms with Crippen LogP contribution in [0.1, 0.15) is 47.7 Å². The first-order chi connectivity index (χ1) is 18.9. The Morgan fingerprint density at radius 2 is 1.64 bits per heavy atom. The van der Waals surface area contributed by atoms with Crippen LogP contribution < -0.4 is 10.2 Å². The highest BCUT2D eigenvalue weighted by molar-refractivity contribution is 6.24. The zero-order valence-electron chi connectivity index (χ0n) is 22.8. The van der Waals surface area contributed by atoms with Crippen molar-refractivity contribution in [2.75, 3.05) is 44.0 Å². The van der Waals surface area contributed by atoms with Gasteiger partial charge in [-0.25, -0.2) is 4.79 Å². The van der Waals surface area contributed by atoms with Crippen molar-refractivity contribution < 1.29 is 19.1 Å². The fraction of sp³-hybridized carbons (Fsp3) is 0.290. The summed E-state index contributed by atoms with van der Waals surface area (Å²) >= 11 is 0. The van der Waals surface area contributed by atoms with Crippen LogP contribution in [-0.4, -0.2) is 62.2 Å². The molecule has 1 aliphatic rings. The Bertz CT molecular complexity index is 1370. The van der Waals surface area contributed by atoms with Gasteiger partial charge >= 0.3 is 5.97 Å². The van der Waals surface area contributed by atoms with Gasteiger partial charge in [0.15, 0.2) is 0 Å². The number of esters is 1. The van der Waals surface area contributed by atoms with Crippen LogP contribution in [0.2, 0.25) is 0 Å². The zero-order chi connectivity index (χ0) is 27.9. The summed E-state index contributed by atoms with van der Waals surface area (Å²) in [7, 11) is 3.10. The quantitative estimate of drug-likeness (QED) is 0.296. The number of nitrogens with one attached hydrogen (secondary N) is 1. The lowest BCUT2D eigenvalue weighted by Gasteiger charge is -2.21. The smallest absolute Gasteiger partial charge is 0.337 e. The second-order valence-electron chi connectivity index (χ2n) is 9.32. The Morgan fingerprint density at radius 3 is 2.28 bits per heavy atom. The first-order valence-electron chi connectivity index (χ1n) is 13.1. The number of hydrogen-bond donors (Lipinski definition) is 1. The molecule has 8 nitrogen and oxygen atoms in total. The predicted octanol–water partition coefficient (Wildman–Crippen LogP) is 5.02. The van der Waals surface area contributed by atoms with Crippen molar-refractivity contribution >= 4 is 40.6 Å². The van der Waals surface area contributed by atoms with Crippen molar-refractivity contribution in [1.82, 2.24) is 4.90 Å². The van der Waals surface area contributed by atoms with Gasteiger partial charge < -0.3 is 19.9 Å². The number of aliphatic imine (C=N–C) groups is 1. The summed E-state index contributed by atoms with van der Waals surface area (Å²) in [6, 6.07) is 22.0. The molecular formula is C31H34N4O4. The van der Waals surface area contributed by atoms with Gasteiger partial charge in [-0.2, -0.15) is 0 Å². The van der Waals surface area contributed by atoms with Gasteiger partial charge in [0.25, 0.3) is 0 Å². The number of benzene rings is 3. The van der Waals surface area contributed by atoms with Gasteiger partial charge in [0, 0.05) is 31.4 Å².